The number of nitrogens with two attached hydrogens (primary N) is 1. The van der Waals surface area contributed by atoms with E-state index in [4.69, 9.17) is 34.0 Å². The number of amides is 7. The maximum absolute atomic E-state index is 12.8. The van der Waals surface area contributed by atoms with Crippen LogP contribution in [0.1, 0.15) is 78.5 Å². The maximum atomic E-state index is 12.8. The highest BCUT2D eigenvalue weighted by atomic mass is 35.5. The fourth-order valence-electron chi connectivity index (χ4n) is 6.35. The highest BCUT2D eigenvalue weighted by Gasteiger charge is 2.41. The Balaban J connectivity index is 0.000000162. The van der Waals surface area contributed by atoms with Crippen molar-refractivity contribution in [3.05, 3.63) is 105 Å². The monoisotopic (exact) mass is 816 g/mol. The Hall–Kier alpha value is -6.86. The number of benzene rings is 2. The topological polar surface area (TPSA) is 277 Å². The Morgan fingerprint density at radius 2 is 1.19 bits per heavy atom. The van der Waals surface area contributed by atoms with Gasteiger partial charge < -0.3 is 26.0 Å². The van der Waals surface area contributed by atoms with E-state index in [1.54, 1.807) is 36.4 Å². The molecule has 0 aliphatic carbocycles. The van der Waals surface area contributed by atoms with Crippen molar-refractivity contribution in [1.82, 2.24) is 40.4 Å². The van der Waals surface area contributed by atoms with E-state index in [0.717, 1.165) is 11.8 Å². The number of nitrogens with zero attached hydrogens (tertiary/aromatic N) is 6. The predicted octanol–water partition coefficient (Wildman–Crippen LogP) is 2.00. The molecule has 0 saturated carbocycles. The number of rotatable bonds is 5. The zero-order valence-electron chi connectivity index (χ0n) is 29.4. The van der Waals surface area contributed by atoms with E-state index >= 15 is 0 Å². The van der Waals surface area contributed by atoms with Gasteiger partial charge in [0.2, 0.25) is 23.6 Å². The average Bonchev–Trinajstić information content (AvgIpc) is 3.70. The molecule has 0 spiro atoms. The summed E-state index contributed by atoms with van der Waals surface area (Å²) in [5.74, 6) is -3.64. The lowest BCUT2D eigenvalue weighted by Crippen LogP contribution is -2.52. The zero-order valence-corrected chi connectivity index (χ0v) is 30.9. The van der Waals surface area contributed by atoms with Crippen LogP contribution in [0.15, 0.2) is 61.2 Å². The second-order valence-electron chi connectivity index (χ2n) is 12.7. The number of anilines is 2. The summed E-state index contributed by atoms with van der Waals surface area (Å²) in [5, 5.41) is 15.9. The SMILES string of the molecule is Nc1cccc2c1CN(C1CCC(=O)NC1=O)C2=O.O=C(O)c1cnc(Cl)cn1.O=C1CCC(N2Cc3c(NC(=O)c4cnc(Cl)cn4)cccc3C2=O)C(=O)N1. The first-order valence-electron chi connectivity index (χ1n) is 17.0. The third-order valence-corrected chi connectivity index (χ3v) is 9.53. The lowest BCUT2D eigenvalue weighted by atomic mass is 10.0. The molecule has 6 heterocycles. The lowest BCUT2D eigenvalue weighted by Gasteiger charge is -2.29. The van der Waals surface area contributed by atoms with E-state index in [-0.39, 0.29) is 71.1 Å². The van der Waals surface area contributed by atoms with E-state index in [0.29, 0.717) is 41.0 Å². The van der Waals surface area contributed by atoms with Crippen molar-refractivity contribution in [3.63, 3.8) is 0 Å². The van der Waals surface area contributed by atoms with E-state index < -0.39 is 35.8 Å². The highest BCUT2D eigenvalue weighted by Crippen LogP contribution is 2.33. The number of carbonyl (C=O) groups excluding carboxylic acids is 7. The summed E-state index contributed by atoms with van der Waals surface area (Å²) >= 11 is 11.0. The van der Waals surface area contributed by atoms with Crippen LogP contribution in [-0.2, 0) is 32.3 Å². The molecule has 2 saturated heterocycles. The van der Waals surface area contributed by atoms with Gasteiger partial charge in [0.25, 0.3) is 17.7 Å². The molecule has 2 unspecified atom stereocenters. The smallest absolute Gasteiger partial charge is 0.356 e. The van der Waals surface area contributed by atoms with Crippen molar-refractivity contribution >= 4 is 81.9 Å². The van der Waals surface area contributed by atoms with Crippen LogP contribution in [0.3, 0.4) is 0 Å². The van der Waals surface area contributed by atoms with Crippen LogP contribution in [0, 0.1) is 0 Å². The minimum Gasteiger partial charge on any atom is -0.476 e. The van der Waals surface area contributed by atoms with Gasteiger partial charge in [0.05, 0.1) is 24.8 Å². The van der Waals surface area contributed by atoms with Crippen LogP contribution in [0.5, 0.6) is 0 Å². The number of carbonyl (C=O) groups is 8. The number of halogens is 2. The van der Waals surface area contributed by atoms with Gasteiger partial charge in [-0.2, -0.15) is 0 Å². The van der Waals surface area contributed by atoms with Gasteiger partial charge in [-0.15, -0.1) is 0 Å². The first-order chi connectivity index (χ1) is 27.2. The number of nitrogen functional groups attached to an aromatic ring is 1. The fraction of sp³-hybridized carbons (Fsp3) is 0.222. The van der Waals surface area contributed by atoms with Crippen LogP contribution in [0.4, 0.5) is 11.4 Å². The van der Waals surface area contributed by atoms with Gasteiger partial charge in [0, 0.05) is 59.6 Å². The maximum Gasteiger partial charge on any atom is 0.356 e. The first-order valence-corrected chi connectivity index (χ1v) is 17.8. The summed E-state index contributed by atoms with van der Waals surface area (Å²) in [6.07, 6.45) is 5.87. The van der Waals surface area contributed by atoms with E-state index in [9.17, 15) is 38.4 Å². The number of fused-ring (bicyclic) bond motifs is 2. The van der Waals surface area contributed by atoms with Crippen LogP contribution >= 0.6 is 23.2 Å². The number of hydrogen-bond donors (Lipinski definition) is 5. The quantitative estimate of drug-likeness (QED) is 0.142. The average molecular weight is 818 g/mol. The third-order valence-electron chi connectivity index (χ3n) is 9.14. The molecule has 2 atom stereocenters. The Bertz CT molecular complexity index is 2330. The molecular weight excluding hydrogens is 787 g/mol. The van der Waals surface area contributed by atoms with Crippen LogP contribution in [0.2, 0.25) is 10.3 Å². The van der Waals surface area contributed by atoms with Crippen LogP contribution in [0.25, 0.3) is 0 Å². The van der Waals surface area contributed by atoms with E-state index in [2.05, 4.69) is 35.9 Å². The zero-order chi connectivity index (χ0) is 41.0. The molecule has 4 aromatic rings. The Morgan fingerprint density at radius 1 is 0.702 bits per heavy atom. The van der Waals surface area contributed by atoms with Crippen LogP contribution < -0.4 is 21.7 Å². The number of hydrogen-bond acceptors (Lipinski definition) is 13. The molecule has 6 N–H and O–H groups in total. The highest BCUT2D eigenvalue weighted by molar-refractivity contribution is 6.29. The molecule has 2 aromatic heterocycles. The normalized spacial score (nSPS) is 18.3. The third kappa shape index (κ3) is 8.84. The minimum atomic E-state index is -1.11. The molecule has 4 aliphatic heterocycles. The molecule has 2 aromatic carbocycles. The van der Waals surface area contributed by atoms with Crippen molar-refractivity contribution in [2.24, 2.45) is 0 Å². The summed E-state index contributed by atoms with van der Waals surface area (Å²) in [4.78, 5) is 112. The Labute approximate surface area is 332 Å². The van der Waals surface area contributed by atoms with E-state index in [1.165, 1.54) is 28.4 Å². The van der Waals surface area contributed by atoms with Crippen molar-refractivity contribution in [1.29, 1.82) is 0 Å². The minimum absolute atomic E-state index is 0.0772. The van der Waals surface area contributed by atoms with Gasteiger partial charge >= 0.3 is 5.97 Å². The number of carboxylic acids is 1. The molecule has 2 fully saturated rings. The lowest BCUT2D eigenvalue weighted by molar-refractivity contribution is -0.138. The first kappa shape index (κ1) is 39.8. The molecule has 0 radical (unpaired) electrons. The van der Waals surface area contributed by atoms with Crippen molar-refractivity contribution < 1.29 is 43.5 Å². The predicted molar refractivity (Wildman–Crippen MR) is 198 cm³/mol. The van der Waals surface area contributed by atoms with Gasteiger partial charge in [0.15, 0.2) is 5.69 Å². The molecular formula is C36H30Cl2N10O9. The number of nitrogens with one attached hydrogen (secondary N) is 3. The molecule has 21 heteroatoms. The molecule has 0 bridgehead atoms. The molecule has 292 valence electrons. The molecule has 57 heavy (non-hydrogen) atoms. The van der Waals surface area contributed by atoms with Crippen molar-refractivity contribution in [3.8, 4) is 0 Å². The number of aromatic carboxylic acids is 1. The molecule has 7 amide bonds. The van der Waals surface area contributed by atoms with Gasteiger partial charge in [-0.3, -0.25) is 44.2 Å². The van der Waals surface area contributed by atoms with Crippen LogP contribution in [-0.4, -0.2) is 94.2 Å². The van der Waals surface area contributed by atoms with Gasteiger partial charge in [-0.05, 0) is 37.1 Å². The molecule has 4 aliphatic rings. The number of piperidine rings is 2. The second kappa shape index (κ2) is 16.9. The van der Waals surface area contributed by atoms with E-state index in [1.807, 2.05) is 0 Å². The van der Waals surface area contributed by atoms with Gasteiger partial charge in [-0.25, -0.2) is 24.7 Å². The molecule has 19 nitrogen and oxygen atoms in total. The van der Waals surface area contributed by atoms with Crippen molar-refractivity contribution in [2.45, 2.75) is 50.9 Å². The summed E-state index contributed by atoms with van der Waals surface area (Å²) < 4.78 is 0. The second-order valence-corrected chi connectivity index (χ2v) is 13.5. The molecule has 8 rings (SSSR count). The summed E-state index contributed by atoms with van der Waals surface area (Å²) in [6, 6.07) is 8.82. The van der Waals surface area contributed by atoms with Gasteiger partial charge in [0.1, 0.15) is 28.1 Å². The summed E-state index contributed by atoms with van der Waals surface area (Å²) in [5.41, 5.74) is 9.14. The summed E-state index contributed by atoms with van der Waals surface area (Å²) in [7, 11) is 0. The fourth-order valence-corrected chi connectivity index (χ4v) is 6.55. The van der Waals surface area contributed by atoms with Gasteiger partial charge in [-0.1, -0.05) is 35.3 Å². The Morgan fingerprint density at radius 3 is 1.67 bits per heavy atom. The largest absolute Gasteiger partial charge is 0.476 e. The van der Waals surface area contributed by atoms with Crippen molar-refractivity contribution in [2.75, 3.05) is 11.1 Å². The standard InChI is InChI=1S/C18H14ClN5O4.C13H13N3O3.C5H3ClN2O2/c19-14-7-20-12(6-21-14)16(26)22-11-3-1-2-9-10(11)8-24(18(9)28)13-4-5-15(25)23-17(13)27;14-9-3-1-2-7-8(9)6-16(13(7)19)10-4-5-11(17)15-12(10)18;6-4-2-7-3(1-8-4)5(9)10/h1-3,6-7,13H,4-5,8H2,(H,22,26)(H,23,25,27);1-3,10H,4-6,14H2,(H,15,17,18);1-2H,(H,9,10). The number of carboxylic acid groups (broad SMARTS) is 1. The Kier molecular flexibility index (Phi) is 11.8. The number of imide groups is 2. The summed E-state index contributed by atoms with van der Waals surface area (Å²) in [6.45, 7) is 0.482. The number of aromatic nitrogens is 4.